The number of rotatable bonds is 11. The van der Waals surface area contributed by atoms with Crippen molar-refractivity contribution in [3.8, 4) is 0 Å². The highest BCUT2D eigenvalue weighted by Gasteiger charge is 2.43. The summed E-state index contributed by atoms with van der Waals surface area (Å²) in [5.74, 6) is 0.223. The van der Waals surface area contributed by atoms with E-state index in [1.807, 2.05) is 0 Å². The maximum absolute atomic E-state index is 12.1. The lowest BCUT2D eigenvalue weighted by molar-refractivity contribution is -0.0745. The van der Waals surface area contributed by atoms with Crippen molar-refractivity contribution < 1.29 is 55.9 Å². The number of ether oxygens (including phenoxy) is 2. The maximum atomic E-state index is 12.1. The zero-order valence-electron chi connectivity index (χ0n) is 17.6. The maximum Gasteiger partial charge on any atom is 0.490 e. The molecule has 0 aliphatic carbocycles. The van der Waals surface area contributed by atoms with Gasteiger partial charge in [0.05, 0.1) is 18.1 Å². The summed E-state index contributed by atoms with van der Waals surface area (Å²) in [4.78, 5) is 46.9. The van der Waals surface area contributed by atoms with Crippen LogP contribution < -0.4 is 5.73 Å². The van der Waals surface area contributed by atoms with E-state index in [2.05, 4.69) is 33.1 Å². The molecule has 3 rings (SSSR count). The third-order valence-electron chi connectivity index (χ3n) is 4.43. The first-order chi connectivity index (χ1) is 16.2. The second kappa shape index (κ2) is 10.6. The van der Waals surface area contributed by atoms with E-state index in [1.165, 1.54) is 13.3 Å². The molecule has 194 valence electrons. The lowest BCUT2D eigenvalue weighted by Gasteiger charge is -2.22. The summed E-state index contributed by atoms with van der Waals surface area (Å²) in [6.45, 7) is 0.676. The van der Waals surface area contributed by atoms with Gasteiger partial charge in [-0.2, -0.15) is 8.62 Å². The summed E-state index contributed by atoms with van der Waals surface area (Å²) in [6, 6.07) is 1.64. The minimum atomic E-state index is -5.69. The predicted octanol–water partition coefficient (Wildman–Crippen LogP) is 1.69. The van der Waals surface area contributed by atoms with E-state index >= 15 is 0 Å². The molecule has 0 spiro atoms. The number of nitrogens with two attached hydrogens (primary N) is 1. The Hall–Kier alpha value is -1.94. The van der Waals surface area contributed by atoms with E-state index in [1.54, 1.807) is 16.8 Å². The Morgan fingerprint density at radius 1 is 1.29 bits per heavy atom. The molecule has 0 saturated carbocycles. The van der Waals surface area contributed by atoms with Crippen molar-refractivity contribution in [1.29, 1.82) is 0 Å². The summed E-state index contributed by atoms with van der Waals surface area (Å²) in [5.41, 5.74) is 14.9. The number of phosphoric acid groups is 3. The van der Waals surface area contributed by atoms with Crippen LogP contribution in [-0.4, -0.2) is 59.2 Å². The van der Waals surface area contributed by atoms with Gasteiger partial charge in [0.15, 0.2) is 0 Å². The number of aromatic nitrogens is 3. The number of nitrogen functional groups attached to an aromatic ring is 1. The highest BCUT2D eigenvalue weighted by atomic mass is 31.3. The smallest absolute Gasteiger partial charge is 0.383 e. The molecular formula is C13H20N7O12P3. The molecule has 3 unspecified atom stereocenters. The van der Waals surface area contributed by atoms with Crippen LogP contribution in [0.3, 0.4) is 0 Å². The van der Waals surface area contributed by atoms with Crippen molar-refractivity contribution in [3.05, 3.63) is 29.0 Å². The average molecular weight is 559 g/mol. The monoisotopic (exact) mass is 559 g/mol. The van der Waals surface area contributed by atoms with Crippen LogP contribution >= 0.6 is 23.5 Å². The van der Waals surface area contributed by atoms with Crippen LogP contribution in [0.4, 0.5) is 5.82 Å². The lowest BCUT2D eigenvalue weighted by atomic mass is 10.2. The molecule has 35 heavy (non-hydrogen) atoms. The number of azide groups is 1. The molecule has 0 amide bonds. The first-order valence-electron chi connectivity index (χ1n) is 9.40. The van der Waals surface area contributed by atoms with Crippen LogP contribution in [0.25, 0.3) is 21.5 Å². The average Bonchev–Trinajstić information content (AvgIpc) is 3.28. The number of anilines is 1. The molecule has 2 aromatic heterocycles. The van der Waals surface area contributed by atoms with Gasteiger partial charge in [0, 0.05) is 17.5 Å². The van der Waals surface area contributed by atoms with Crippen LogP contribution in [0, 0.1) is 0 Å². The molecule has 6 N–H and O–H groups in total. The minimum Gasteiger partial charge on any atom is -0.383 e. The summed E-state index contributed by atoms with van der Waals surface area (Å²) in [7, 11) is -16.6. The van der Waals surface area contributed by atoms with Crippen LogP contribution in [0.2, 0.25) is 0 Å². The zero-order chi connectivity index (χ0) is 26.0. The topological polar surface area (TPSA) is 284 Å². The van der Waals surface area contributed by atoms with Crippen molar-refractivity contribution in [2.45, 2.75) is 38.0 Å². The van der Waals surface area contributed by atoms with E-state index in [0.717, 1.165) is 0 Å². The van der Waals surface area contributed by atoms with Gasteiger partial charge in [-0.1, -0.05) is 5.11 Å². The highest BCUT2D eigenvalue weighted by Crippen LogP contribution is 2.66. The van der Waals surface area contributed by atoms with Crippen molar-refractivity contribution in [1.82, 2.24) is 14.5 Å². The van der Waals surface area contributed by atoms with E-state index in [9.17, 15) is 23.5 Å². The first kappa shape index (κ1) is 27.6. The van der Waals surface area contributed by atoms with Crippen molar-refractivity contribution >= 4 is 40.3 Å². The van der Waals surface area contributed by atoms with Gasteiger partial charge in [-0.25, -0.2) is 23.7 Å². The Morgan fingerprint density at radius 3 is 2.66 bits per heavy atom. The van der Waals surface area contributed by atoms with Gasteiger partial charge < -0.3 is 39.3 Å². The Labute approximate surface area is 195 Å². The summed E-state index contributed by atoms with van der Waals surface area (Å²) in [5, 5.41) is 3.93. The summed E-state index contributed by atoms with van der Waals surface area (Å²) < 4.78 is 59.4. The summed E-state index contributed by atoms with van der Waals surface area (Å²) in [6.07, 6.45) is -0.765. The first-order valence-corrected chi connectivity index (χ1v) is 13.9. The fourth-order valence-electron chi connectivity index (χ4n) is 3.21. The molecule has 22 heteroatoms. The predicted molar refractivity (Wildman–Crippen MR) is 114 cm³/mol. The van der Waals surface area contributed by atoms with E-state index < -0.39 is 54.7 Å². The van der Waals surface area contributed by atoms with E-state index in [0.29, 0.717) is 11.0 Å². The minimum absolute atomic E-state index is 0.114. The highest BCUT2D eigenvalue weighted by molar-refractivity contribution is 7.66. The number of hydrogen-bond acceptors (Lipinski definition) is 12. The van der Waals surface area contributed by atoms with E-state index in [4.69, 9.17) is 30.5 Å². The van der Waals surface area contributed by atoms with Crippen molar-refractivity contribution in [2.75, 3.05) is 12.3 Å². The van der Waals surface area contributed by atoms with Crippen LogP contribution in [-0.2, 0) is 36.3 Å². The fourth-order valence-corrected chi connectivity index (χ4v) is 6.24. The second-order valence-electron chi connectivity index (χ2n) is 6.95. The van der Waals surface area contributed by atoms with Gasteiger partial charge in [-0.3, -0.25) is 4.52 Å². The third kappa shape index (κ3) is 7.52. The molecule has 0 radical (unpaired) electrons. The molecular weight excluding hydrogens is 539 g/mol. The van der Waals surface area contributed by atoms with Gasteiger partial charge in [0.1, 0.15) is 36.4 Å². The molecule has 1 fully saturated rings. The molecule has 6 atom stereocenters. The SMILES string of the molecule is C[C@H](N=[N+]=[N-])O[C@@H]1C[C@H](n2ccc3c(N)ncnc32)OC1COP(=O)(O)OP(=O)(O)OP(=O)(O)O. The van der Waals surface area contributed by atoms with Gasteiger partial charge >= 0.3 is 23.5 Å². The lowest BCUT2D eigenvalue weighted by Crippen LogP contribution is -2.31. The quantitative estimate of drug-likeness (QED) is 0.113. The second-order valence-corrected chi connectivity index (χ2v) is 11.4. The normalized spacial score (nSPS) is 25.0. The fraction of sp³-hybridized carbons (Fsp3) is 0.538. The molecule has 1 aliphatic rings. The van der Waals surface area contributed by atoms with Gasteiger partial charge in [0.2, 0.25) is 0 Å². The molecule has 19 nitrogen and oxygen atoms in total. The van der Waals surface area contributed by atoms with Gasteiger partial charge in [-0.15, -0.1) is 0 Å². The molecule has 0 aromatic carbocycles. The molecule has 0 bridgehead atoms. The Bertz CT molecular complexity index is 1260. The molecule has 1 saturated heterocycles. The third-order valence-corrected chi connectivity index (χ3v) is 8.24. The van der Waals surface area contributed by atoms with Crippen LogP contribution in [0.1, 0.15) is 19.6 Å². The van der Waals surface area contributed by atoms with Gasteiger partial charge in [-0.05, 0) is 18.5 Å². The Balaban J connectivity index is 1.76. The van der Waals surface area contributed by atoms with Crippen LogP contribution in [0.15, 0.2) is 23.7 Å². The van der Waals surface area contributed by atoms with Crippen molar-refractivity contribution in [2.24, 2.45) is 5.11 Å². The van der Waals surface area contributed by atoms with E-state index in [-0.39, 0.29) is 12.2 Å². The molecule has 2 aromatic rings. The number of phosphoric ester groups is 1. The van der Waals surface area contributed by atoms with Gasteiger partial charge in [0.25, 0.3) is 0 Å². The molecule has 1 aliphatic heterocycles. The largest absolute Gasteiger partial charge is 0.490 e. The number of nitrogens with zero attached hydrogens (tertiary/aromatic N) is 6. The van der Waals surface area contributed by atoms with Crippen molar-refractivity contribution in [3.63, 3.8) is 0 Å². The van der Waals surface area contributed by atoms with Crippen LogP contribution in [0.5, 0.6) is 0 Å². The summed E-state index contributed by atoms with van der Waals surface area (Å²) >= 11 is 0. The zero-order valence-corrected chi connectivity index (χ0v) is 20.3. The number of hydrogen-bond donors (Lipinski definition) is 5. The Morgan fingerprint density at radius 2 is 2.00 bits per heavy atom. The number of fused-ring (bicyclic) bond motifs is 1. The Kier molecular flexibility index (Phi) is 8.36. The molecule has 3 heterocycles. The standard InChI is InChI=1S/C13H20N7O12P3/c1-7(18-19-15)29-9-4-11(20-3-2-8-12(14)16-6-17-13(8)20)30-10(9)5-28-34(24,25)32-35(26,27)31-33(21,22)23/h2-3,6-7,9-11H,4-5H2,1H3,(H,24,25)(H,26,27)(H2,14,16,17)(H2,21,22,23)/t7-,9-,10?,11-/m1/s1.